The molecule has 5 nitrogen and oxygen atoms in total. The molecule has 0 aromatic rings. The second-order valence-electron chi connectivity index (χ2n) is 4.17. The second-order valence-corrected chi connectivity index (χ2v) is 4.17. The lowest BCUT2D eigenvalue weighted by Gasteiger charge is -2.25. The first-order valence-corrected chi connectivity index (χ1v) is 5.48. The molecule has 2 aliphatic rings. The van der Waals surface area contributed by atoms with Crippen LogP contribution in [-0.2, 0) is 4.79 Å². The number of carbonyl (C=O) groups is 2. The number of carboxylic acid groups (broad SMARTS) is 1. The van der Waals surface area contributed by atoms with Gasteiger partial charge in [0.15, 0.2) is 0 Å². The Hall–Kier alpha value is -1.26. The SMILES string of the molecule is O=C([C@H]1CCCN1C(=O)O)N1CCCC1. The largest absolute Gasteiger partial charge is 0.465 e. The van der Waals surface area contributed by atoms with Crippen LogP contribution in [0.2, 0.25) is 0 Å². The number of likely N-dealkylation sites (tertiary alicyclic amines) is 2. The third kappa shape index (κ3) is 1.91. The van der Waals surface area contributed by atoms with Crippen LogP contribution in [0.15, 0.2) is 0 Å². The fourth-order valence-corrected chi connectivity index (χ4v) is 2.40. The molecule has 2 fully saturated rings. The standard InChI is InChI=1S/C10H16N2O3/c13-9(11-5-1-2-6-11)8-4-3-7-12(8)10(14)15/h8H,1-7H2,(H,14,15)/t8-/m1/s1. The molecule has 15 heavy (non-hydrogen) atoms. The van der Waals surface area contributed by atoms with Gasteiger partial charge in [0.25, 0.3) is 0 Å². The molecular weight excluding hydrogens is 196 g/mol. The van der Waals surface area contributed by atoms with Crippen LogP contribution in [0, 0.1) is 0 Å². The van der Waals surface area contributed by atoms with Crippen LogP contribution in [0.1, 0.15) is 25.7 Å². The Balaban J connectivity index is 2.02. The van der Waals surface area contributed by atoms with Gasteiger partial charge in [-0.05, 0) is 25.7 Å². The van der Waals surface area contributed by atoms with E-state index >= 15 is 0 Å². The fourth-order valence-electron chi connectivity index (χ4n) is 2.40. The number of amides is 2. The van der Waals surface area contributed by atoms with E-state index in [2.05, 4.69) is 0 Å². The Bertz CT molecular complexity index is 274. The predicted molar refractivity (Wildman–Crippen MR) is 53.6 cm³/mol. The molecule has 0 spiro atoms. The van der Waals surface area contributed by atoms with E-state index in [9.17, 15) is 9.59 Å². The number of nitrogens with zero attached hydrogens (tertiary/aromatic N) is 2. The summed E-state index contributed by atoms with van der Waals surface area (Å²) >= 11 is 0. The van der Waals surface area contributed by atoms with Gasteiger partial charge in [0.1, 0.15) is 6.04 Å². The van der Waals surface area contributed by atoms with Gasteiger partial charge in [0, 0.05) is 19.6 Å². The molecule has 2 aliphatic heterocycles. The molecule has 0 unspecified atom stereocenters. The van der Waals surface area contributed by atoms with Crippen molar-refractivity contribution < 1.29 is 14.7 Å². The summed E-state index contributed by atoms with van der Waals surface area (Å²) in [4.78, 5) is 25.9. The summed E-state index contributed by atoms with van der Waals surface area (Å²) < 4.78 is 0. The first-order valence-electron chi connectivity index (χ1n) is 5.48. The van der Waals surface area contributed by atoms with Gasteiger partial charge in [-0.1, -0.05) is 0 Å². The van der Waals surface area contributed by atoms with E-state index in [-0.39, 0.29) is 5.91 Å². The molecule has 0 aromatic carbocycles. The molecule has 0 radical (unpaired) electrons. The van der Waals surface area contributed by atoms with E-state index in [1.807, 2.05) is 0 Å². The minimum Gasteiger partial charge on any atom is -0.465 e. The highest BCUT2D eigenvalue weighted by Crippen LogP contribution is 2.21. The molecule has 0 aromatic heterocycles. The van der Waals surface area contributed by atoms with E-state index in [1.54, 1.807) is 4.90 Å². The summed E-state index contributed by atoms with van der Waals surface area (Å²) in [5, 5.41) is 8.93. The lowest BCUT2D eigenvalue weighted by molar-refractivity contribution is -0.134. The summed E-state index contributed by atoms with van der Waals surface area (Å²) in [6.07, 6.45) is 2.61. The number of hydrogen-bond donors (Lipinski definition) is 1. The molecule has 0 bridgehead atoms. The maximum atomic E-state index is 12.0. The van der Waals surface area contributed by atoms with Crippen molar-refractivity contribution in [3.63, 3.8) is 0 Å². The monoisotopic (exact) mass is 212 g/mol. The van der Waals surface area contributed by atoms with Crippen LogP contribution in [0.4, 0.5) is 4.79 Å². The molecule has 1 atom stereocenters. The van der Waals surface area contributed by atoms with Gasteiger partial charge in [0.05, 0.1) is 0 Å². The lowest BCUT2D eigenvalue weighted by atomic mass is 10.2. The van der Waals surface area contributed by atoms with E-state index < -0.39 is 12.1 Å². The number of hydrogen-bond acceptors (Lipinski definition) is 2. The van der Waals surface area contributed by atoms with Gasteiger partial charge in [-0.15, -0.1) is 0 Å². The van der Waals surface area contributed by atoms with Crippen LogP contribution in [0.5, 0.6) is 0 Å². The molecule has 2 amide bonds. The van der Waals surface area contributed by atoms with Gasteiger partial charge in [-0.2, -0.15) is 0 Å². The zero-order valence-electron chi connectivity index (χ0n) is 8.69. The van der Waals surface area contributed by atoms with Crippen molar-refractivity contribution in [3.05, 3.63) is 0 Å². The van der Waals surface area contributed by atoms with Gasteiger partial charge in [0.2, 0.25) is 5.91 Å². The zero-order chi connectivity index (χ0) is 10.8. The minimum atomic E-state index is -0.968. The van der Waals surface area contributed by atoms with Gasteiger partial charge in [-0.25, -0.2) is 4.79 Å². The average Bonchev–Trinajstić information content (AvgIpc) is 2.88. The van der Waals surface area contributed by atoms with Crippen molar-refractivity contribution in [2.75, 3.05) is 19.6 Å². The van der Waals surface area contributed by atoms with Crippen LogP contribution in [-0.4, -0.2) is 52.6 Å². The van der Waals surface area contributed by atoms with Gasteiger partial charge < -0.3 is 10.0 Å². The highest BCUT2D eigenvalue weighted by molar-refractivity contribution is 5.86. The van der Waals surface area contributed by atoms with E-state index in [1.165, 1.54) is 4.90 Å². The molecule has 5 heteroatoms. The Morgan fingerprint density at radius 3 is 2.33 bits per heavy atom. The topological polar surface area (TPSA) is 60.9 Å². The molecular formula is C10H16N2O3. The number of rotatable bonds is 1. The summed E-state index contributed by atoms with van der Waals surface area (Å²) in [5.41, 5.74) is 0. The highest BCUT2D eigenvalue weighted by Gasteiger charge is 2.36. The van der Waals surface area contributed by atoms with E-state index in [4.69, 9.17) is 5.11 Å². The average molecular weight is 212 g/mol. The predicted octanol–water partition coefficient (Wildman–Crippen LogP) is 0.751. The lowest BCUT2D eigenvalue weighted by Crippen LogP contribution is -2.46. The Morgan fingerprint density at radius 1 is 1.07 bits per heavy atom. The van der Waals surface area contributed by atoms with Crippen molar-refractivity contribution in [2.45, 2.75) is 31.7 Å². The van der Waals surface area contributed by atoms with Crippen molar-refractivity contribution >= 4 is 12.0 Å². The summed E-state index contributed by atoms with van der Waals surface area (Å²) in [6.45, 7) is 2.09. The maximum Gasteiger partial charge on any atom is 0.407 e. The molecule has 0 saturated carbocycles. The summed E-state index contributed by atoms with van der Waals surface area (Å²) in [6, 6.07) is -0.416. The van der Waals surface area contributed by atoms with Crippen LogP contribution in [0.3, 0.4) is 0 Å². The molecule has 2 saturated heterocycles. The molecule has 0 aliphatic carbocycles. The van der Waals surface area contributed by atoms with Crippen molar-refractivity contribution in [1.82, 2.24) is 9.80 Å². The van der Waals surface area contributed by atoms with Crippen LogP contribution < -0.4 is 0 Å². The Morgan fingerprint density at radius 2 is 1.73 bits per heavy atom. The first kappa shape index (κ1) is 10.3. The summed E-state index contributed by atoms with van der Waals surface area (Å²) in [7, 11) is 0. The quantitative estimate of drug-likeness (QED) is 0.697. The van der Waals surface area contributed by atoms with E-state index in [0.29, 0.717) is 13.0 Å². The highest BCUT2D eigenvalue weighted by atomic mass is 16.4. The maximum absolute atomic E-state index is 12.0. The van der Waals surface area contributed by atoms with Crippen LogP contribution >= 0.6 is 0 Å². The summed E-state index contributed by atoms with van der Waals surface area (Å²) in [5.74, 6) is 0.00685. The second kappa shape index (κ2) is 4.08. The molecule has 84 valence electrons. The number of carbonyl (C=O) groups excluding carboxylic acids is 1. The molecule has 2 rings (SSSR count). The third-order valence-corrected chi connectivity index (χ3v) is 3.20. The minimum absolute atomic E-state index is 0.00685. The van der Waals surface area contributed by atoms with Crippen molar-refractivity contribution in [1.29, 1.82) is 0 Å². The first-order chi connectivity index (χ1) is 7.20. The molecule has 1 N–H and O–H groups in total. The molecule has 2 heterocycles. The zero-order valence-corrected chi connectivity index (χ0v) is 8.69. The third-order valence-electron chi connectivity index (χ3n) is 3.20. The van der Waals surface area contributed by atoms with Crippen LogP contribution in [0.25, 0.3) is 0 Å². The normalized spacial score (nSPS) is 26.0. The smallest absolute Gasteiger partial charge is 0.407 e. The van der Waals surface area contributed by atoms with Crippen molar-refractivity contribution in [2.24, 2.45) is 0 Å². The Kier molecular flexibility index (Phi) is 2.79. The van der Waals surface area contributed by atoms with Crippen molar-refractivity contribution in [3.8, 4) is 0 Å². The van der Waals surface area contributed by atoms with Gasteiger partial charge >= 0.3 is 6.09 Å². The Labute approximate surface area is 88.6 Å². The van der Waals surface area contributed by atoms with E-state index in [0.717, 1.165) is 32.4 Å². The fraction of sp³-hybridized carbons (Fsp3) is 0.800. The van der Waals surface area contributed by atoms with Gasteiger partial charge in [-0.3, -0.25) is 9.69 Å².